The number of nitrogens with zero attached hydrogens (tertiary/aromatic N) is 2. The minimum absolute atomic E-state index is 0.242. The van der Waals surface area contributed by atoms with Crippen LogP contribution in [0.5, 0.6) is 11.5 Å². The minimum Gasteiger partial charge on any atom is -0.497 e. The normalized spacial score (nSPS) is 10.3. The first-order chi connectivity index (χ1) is 14.9. The van der Waals surface area contributed by atoms with Gasteiger partial charge in [-0.05, 0) is 48.5 Å². The van der Waals surface area contributed by atoms with Crippen molar-refractivity contribution >= 4 is 23.2 Å². The van der Waals surface area contributed by atoms with E-state index < -0.39 is 11.5 Å². The van der Waals surface area contributed by atoms with Gasteiger partial charge in [0.1, 0.15) is 18.0 Å². The van der Waals surface area contributed by atoms with Gasteiger partial charge in [0.25, 0.3) is 5.56 Å². The molecule has 0 saturated heterocycles. The second-order valence-electron chi connectivity index (χ2n) is 6.59. The van der Waals surface area contributed by atoms with E-state index >= 15 is 0 Å². The molecule has 0 aliphatic rings. The average Bonchev–Trinajstić information content (AvgIpc) is 2.75. The second-order valence-corrected chi connectivity index (χ2v) is 6.59. The molecule has 2 aromatic carbocycles. The topological polar surface area (TPSA) is 112 Å². The highest BCUT2D eigenvalue weighted by atomic mass is 16.5. The largest absolute Gasteiger partial charge is 0.497 e. The van der Waals surface area contributed by atoms with Crippen molar-refractivity contribution in [3.05, 3.63) is 65.0 Å². The zero-order valence-corrected chi connectivity index (χ0v) is 17.3. The Hall–Kier alpha value is -4.14. The van der Waals surface area contributed by atoms with Crippen LogP contribution in [0, 0.1) is 0 Å². The number of carbonyl (C=O) groups excluding carboxylic acids is 2. The molecule has 0 fully saturated rings. The van der Waals surface area contributed by atoms with Gasteiger partial charge in [-0.2, -0.15) is 5.10 Å². The van der Waals surface area contributed by atoms with E-state index in [0.29, 0.717) is 28.6 Å². The fourth-order valence-corrected chi connectivity index (χ4v) is 2.89. The third-order valence-corrected chi connectivity index (χ3v) is 4.34. The van der Waals surface area contributed by atoms with Crippen molar-refractivity contribution < 1.29 is 19.1 Å². The molecule has 0 bridgehead atoms. The first kappa shape index (κ1) is 21.6. The van der Waals surface area contributed by atoms with Crippen LogP contribution in [0.15, 0.2) is 59.4 Å². The van der Waals surface area contributed by atoms with E-state index in [-0.39, 0.29) is 12.5 Å². The Morgan fingerprint density at radius 2 is 1.71 bits per heavy atom. The van der Waals surface area contributed by atoms with E-state index in [0.717, 1.165) is 10.2 Å². The maximum Gasteiger partial charge on any atom is 0.267 e. The summed E-state index contributed by atoms with van der Waals surface area (Å²) in [5.74, 6) is 0.398. The summed E-state index contributed by atoms with van der Waals surface area (Å²) in [4.78, 5) is 36.1. The number of rotatable bonds is 7. The highest BCUT2D eigenvalue weighted by Crippen LogP contribution is 2.28. The van der Waals surface area contributed by atoms with Crippen molar-refractivity contribution in [2.75, 3.05) is 24.9 Å². The molecule has 0 radical (unpaired) electrons. The molecular formula is C22H22N4O5. The molecule has 9 nitrogen and oxygen atoms in total. The number of ether oxygens (including phenoxy) is 2. The van der Waals surface area contributed by atoms with Gasteiger partial charge in [0, 0.05) is 24.2 Å². The van der Waals surface area contributed by atoms with E-state index in [1.165, 1.54) is 20.1 Å². The number of benzene rings is 2. The van der Waals surface area contributed by atoms with E-state index in [4.69, 9.17) is 9.47 Å². The van der Waals surface area contributed by atoms with E-state index in [9.17, 15) is 14.4 Å². The van der Waals surface area contributed by atoms with Gasteiger partial charge >= 0.3 is 0 Å². The molecule has 1 aromatic heterocycles. The molecule has 0 unspecified atom stereocenters. The molecular weight excluding hydrogens is 400 g/mol. The molecule has 0 saturated carbocycles. The molecule has 2 amide bonds. The van der Waals surface area contributed by atoms with E-state index in [2.05, 4.69) is 15.7 Å². The number of carbonyl (C=O) groups is 2. The minimum atomic E-state index is -0.472. The molecule has 0 atom stereocenters. The number of nitrogens with one attached hydrogen (secondary N) is 2. The molecule has 0 aliphatic heterocycles. The highest BCUT2D eigenvalue weighted by Gasteiger charge is 2.12. The van der Waals surface area contributed by atoms with Gasteiger partial charge in [-0.3, -0.25) is 14.4 Å². The molecule has 1 heterocycles. The summed E-state index contributed by atoms with van der Waals surface area (Å²) in [5.41, 5.74) is 1.77. The summed E-state index contributed by atoms with van der Waals surface area (Å²) in [5, 5.41) is 9.63. The van der Waals surface area contributed by atoms with Gasteiger partial charge in [-0.25, -0.2) is 4.68 Å². The van der Waals surface area contributed by atoms with Crippen LogP contribution in [-0.4, -0.2) is 35.8 Å². The number of hydrogen-bond donors (Lipinski definition) is 2. The van der Waals surface area contributed by atoms with Gasteiger partial charge in [0.15, 0.2) is 0 Å². The molecule has 0 aliphatic carbocycles. The molecule has 2 N–H and O–H groups in total. The third-order valence-electron chi connectivity index (χ3n) is 4.34. The Bertz CT molecular complexity index is 1160. The van der Waals surface area contributed by atoms with Crippen LogP contribution in [0.3, 0.4) is 0 Å². The monoisotopic (exact) mass is 422 g/mol. The molecule has 3 rings (SSSR count). The maximum atomic E-state index is 12.6. The quantitative estimate of drug-likeness (QED) is 0.605. The Morgan fingerprint density at radius 1 is 0.968 bits per heavy atom. The number of amides is 2. The van der Waals surface area contributed by atoms with Crippen LogP contribution in [0.2, 0.25) is 0 Å². The van der Waals surface area contributed by atoms with Crippen LogP contribution < -0.4 is 25.7 Å². The lowest BCUT2D eigenvalue weighted by molar-refractivity contribution is -0.117. The Balaban J connectivity index is 1.80. The zero-order chi connectivity index (χ0) is 22.4. The summed E-state index contributed by atoms with van der Waals surface area (Å²) >= 11 is 0. The first-order valence-corrected chi connectivity index (χ1v) is 9.37. The van der Waals surface area contributed by atoms with Crippen LogP contribution in [-0.2, 0) is 16.1 Å². The lowest BCUT2D eigenvalue weighted by atomic mass is 10.1. The third kappa shape index (κ3) is 5.47. The van der Waals surface area contributed by atoms with Gasteiger partial charge in [0.2, 0.25) is 11.8 Å². The fraction of sp³-hybridized carbons (Fsp3) is 0.182. The van der Waals surface area contributed by atoms with Gasteiger partial charge in [-0.1, -0.05) is 0 Å². The fourth-order valence-electron chi connectivity index (χ4n) is 2.89. The van der Waals surface area contributed by atoms with Gasteiger partial charge in [-0.15, -0.1) is 0 Å². The Morgan fingerprint density at radius 3 is 2.35 bits per heavy atom. The summed E-state index contributed by atoms with van der Waals surface area (Å²) in [7, 11) is 3.04. The van der Waals surface area contributed by atoms with Crippen molar-refractivity contribution in [1.29, 1.82) is 0 Å². The van der Waals surface area contributed by atoms with Crippen molar-refractivity contribution in [3.63, 3.8) is 0 Å². The predicted molar refractivity (Wildman–Crippen MR) is 116 cm³/mol. The summed E-state index contributed by atoms with van der Waals surface area (Å²) in [6, 6.07) is 15.0. The maximum absolute atomic E-state index is 12.6. The summed E-state index contributed by atoms with van der Waals surface area (Å²) < 4.78 is 11.5. The van der Waals surface area contributed by atoms with Gasteiger partial charge in [0.05, 0.1) is 25.6 Å². The molecule has 160 valence electrons. The van der Waals surface area contributed by atoms with Gasteiger partial charge < -0.3 is 20.1 Å². The Kier molecular flexibility index (Phi) is 6.66. The molecule has 0 spiro atoms. The number of anilines is 2. The molecule has 3 aromatic rings. The zero-order valence-electron chi connectivity index (χ0n) is 17.3. The number of aromatic nitrogens is 2. The lowest BCUT2D eigenvalue weighted by Gasteiger charge is -2.13. The predicted octanol–water partition coefficient (Wildman–Crippen LogP) is 2.52. The van der Waals surface area contributed by atoms with E-state index in [1.807, 2.05) is 12.1 Å². The van der Waals surface area contributed by atoms with Crippen LogP contribution >= 0.6 is 0 Å². The Labute approximate surface area is 178 Å². The number of hydrogen-bond acceptors (Lipinski definition) is 6. The second kappa shape index (κ2) is 9.57. The lowest BCUT2D eigenvalue weighted by Crippen LogP contribution is -2.29. The molecule has 9 heteroatoms. The van der Waals surface area contributed by atoms with E-state index in [1.54, 1.807) is 43.5 Å². The number of methoxy groups -OCH3 is 2. The average molecular weight is 422 g/mol. The van der Waals surface area contributed by atoms with Crippen LogP contribution in [0.25, 0.3) is 11.3 Å². The first-order valence-electron chi connectivity index (χ1n) is 9.37. The van der Waals surface area contributed by atoms with Crippen molar-refractivity contribution in [2.24, 2.45) is 0 Å². The van der Waals surface area contributed by atoms with Crippen molar-refractivity contribution in [3.8, 4) is 22.8 Å². The smallest absolute Gasteiger partial charge is 0.267 e. The summed E-state index contributed by atoms with van der Waals surface area (Å²) in [6.07, 6.45) is 0. The highest BCUT2D eigenvalue weighted by molar-refractivity contribution is 5.94. The van der Waals surface area contributed by atoms with Crippen molar-refractivity contribution in [1.82, 2.24) is 9.78 Å². The van der Waals surface area contributed by atoms with Crippen LogP contribution in [0.1, 0.15) is 6.92 Å². The van der Waals surface area contributed by atoms with Crippen LogP contribution in [0.4, 0.5) is 11.4 Å². The molecule has 31 heavy (non-hydrogen) atoms. The summed E-state index contributed by atoms with van der Waals surface area (Å²) in [6.45, 7) is 1.09. The van der Waals surface area contributed by atoms with Crippen molar-refractivity contribution in [2.45, 2.75) is 13.5 Å². The standard InChI is InChI=1S/C22H22N4O5/c1-14(27)23-16-6-10-20(31-3)19(12-16)24-21(28)13-26-22(29)11-9-18(25-26)15-4-7-17(30-2)8-5-15/h4-12H,13H2,1-3H3,(H,23,27)(H,24,28). The SMILES string of the molecule is COc1ccc(-c2ccc(=O)n(CC(=O)Nc3cc(NC(C)=O)ccc3OC)n2)cc1.